The van der Waals surface area contributed by atoms with Crippen molar-refractivity contribution in [3.8, 4) is 0 Å². The van der Waals surface area contributed by atoms with Crippen molar-refractivity contribution in [2.45, 2.75) is 44.9 Å². The molecule has 2 rings (SSSR count). The smallest absolute Gasteiger partial charge is 0.243 e. The number of rotatable bonds is 5. The first-order chi connectivity index (χ1) is 9.36. The summed E-state index contributed by atoms with van der Waals surface area (Å²) in [5.41, 5.74) is 8.33. The van der Waals surface area contributed by atoms with E-state index < -0.39 is 10.0 Å². The van der Waals surface area contributed by atoms with Gasteiger partial charge in [-0.3, -0.25) is 0 Å². The van der Waals surface area contributed by atoms with Crippen LogP contribution in [0, 0.1) is 19.8 Å². The van der Waals surface area contributed by atoms with Crippen LogP contribution in [0.2, 0.25) is 0 Å². The van der Waals surface area contributed by atoms with Crippen LogP contribution in [-0.2, 0) is 10.0 Å². The molecule has 0 bridgehead atoms. The maximum Gasteiger partial charge on any atom is 0.243 e. The van der Waals surface area contributed by atoms with E-state index in [0.717, 1.165) is 24.0 Å². The summed E-state index contributed by atoms with van der Waals surface area (Å²) >= 11 is 0. The molecule has 20 heavy (non-hydrogen) atoms. The van der Waals surface area contributed by atoms with E-state index in [9.17, 15) is 8.42 Å². The van der Waals surface area contributed by atoms with Gasteiger partial charge in [-0.1, -0.05) is 13.3 Å². The lowest BCUT2D eigenvalue weighted by Crippen LogP contribution is -2.37. The number of hydrogen-bond acceptors (Lipinski definition) is 3. The topological polar surface area (TPSA) is 63.4 Å². The van der Waals surface area contributed by atoms with Crippen LogP contribution in [0.15, 0.2) is 17.0 Å². The Morgan fingerprint density at radius 3 is 2.40 bits per heavy atom. The number of hydrogen-bond donors (Lipinski definition) is 1. The molecular weight excluding hydrogens is 272 g/mol. The van der Waals surface area contributed by atoms with Crippen molar-refractivity contribution in [2.75, 3.05) is 18.8 Å². The predicted molar refractivity (Wildman–Crippen MR) is 82.1 cm³/mol. The summed E-state index contributed by atoms with van der Waals surface area (Å²) in [5, 5.41) is 0. The molecule has 1 saturated carbocycles. The molecular formula is C15H24N2O2S. The highest BCUT2D eigenvalue weighted by Crippen LogP contribution is 2.30. The van der Waals surface area contributed by atoms with Gasteiger partial charge in [0.2, 0.25) is 10.0 Å². The van der Waals surface area contributed by atoms with Gasteiger partial charge in [0, 0.05) is 18.8 Å². The first kappa shape index (κ1) is 15.3. The van der Waals surface area contributed by atoms with Gasteiger partial charge in [0.1, 0.15) is 0 Å². The third kappa shape index (κ3) is 2.83. The Bertz CT molecular complexity index is 569. The summed E-state index contributed by atoms with van der Waals surface area (Å²) < 4.78 is 27.0. The fourth-order valence-electron chi connectivity index (χ4n) is 2.51. The molecule has 1 aromatic carbocycles. The second-order valence-corrected chi connectivity index (χ2v) is 7.64. The van der Waals surface area contributed by atoms with E-state index in [1.165, 1.54) is 6.42 Å². The Kier molecular flexibility index (Phi) is 4.39. The van der Waals surface area contributed by atoms with Crippen LogP contribution in [-0.4, -0.2) is 25.8 Å². The highest BCUT2D eigenvalue weighted by molar-refractivity contribution is 7.89. The van der Waals surface area contributed by atoms with Crippen molar-refractivity contribution >= 4 is 15.7 Å². The van der Waals surface area contributed by atoms with E-state index in [1.54, 1.807) is 16.4 Å². The molecule has 0 amide bonds. The number of sulfonamides is 1. The van der Waals surface area contributed by atoms with Gasteiger partial charge in [-0.2, -0.15) is 4.31 Å². The third-order valence-corrected chi connectivity index (χ3v) is 6.28. The quantitative estimate of drug-likeness (QED) is 0.850. The summed E-state index contributed by atoms with van der Waals surface area (Å²) in [7, 11) is -3.43. The van der Waals surface area contributed by atoms with E-state index in [2.05, 4.69) is 0 Å². The minimum Gasteiger partial charge on any atom is -0.398 e. The van der Waals surface area contributed by atoms with Crippen LogP contribution in [0.25, 0.3) is 0 Å². The first-order valence-electron chi connectivity index (χ1n) is 7.23. The minimum absolute atomic E-state index is 0.319. The number of aryl methyl sites for hydroxylation is 1. The molecule has 4 nitrogen and oxygen atoms in total. The summed E-state index contributed by atoms with van der Waals surface area (Å²) in [6.45, 7) is 6.83. The van der Waals surface area contributed by atoms with Gasteiger partial charge in [0.25, 0.3) is 0 Å². The summed E-state index contributed by atoms with van der Waals surface area (Å²) in [5.74, 6) is 0.522. The molecule has 0 atom stereocenters. The predicted octanol–water partition coefficient (Wildman–Crippen LogP) is 2.70. The Morgan fingerprint density at radius 2 is 1.95 bits per heavy atom. The lowest BCUT2D eigenvalue weighted by atomic mass is 9.85. The molecule has 0 unspecified atom stereocenters. The van der Waals surface area contributed by atoms with Crippen molar-refractivity contribution in [1.82, 2.24) is 4.31 Å². The summed E-state index contributed by atoms with van der Waals surface area (Å²) in [6, 6.07) is 3.31. The molecule has 0 aliphatic heterocycles. The molecule has 1 aliphatic carbocycles. The number of anilines is 1. The molecule has 0 heterocycles. The third-order valence-electron chi connectivity index (χ3n) is 4.36. The highest BCUT2D eigenvalue weighted by atomic mass is 32.2. The zero-order chi connectivity index (χ0) is 14.9. The molecule has 1 aliphatic rings. The molecule has 1 aromatic rings. The SMILES string of the molecule is CCN(CC1CCC1)S(=O)(=O)c1cc(C)c(C)c(N)c1. The summed E-state index contributed by atoms with van der Waals surface area (Å²) in [4.78, 5) is 0.319. The number of benzene rings is 1. The van der Waals surface area contributed by atoms with Gasteiger partial charge in [0.05, 0.1) is 4.90 Å². The maximum atomic E-state index is 12.7. The number of nitrogens with zero attached hydrogens (tertiary/aromatic N) is 1. The Balaban J connectivity index is 2.32. The van der Waals surface area contributed by atoms with Crippen molar-refractivity contribution in [2.24, 2.45) is 5.92 Å². The van der Waals surface area contributed by atoms with E-state index in [4.69, 9.17) is 5.73 Å². The van der Waals surface area contributed by atoms with E-state index >= 15 is 0 Å². The number of nitrogen functional groups attached to an aromatic ring is 1. The van der Waals surface area contributed by atoms with Crippen LogP contribution in [0.5, 0.6) is 0 Å². The lowest BCUT2D eigenvalue weighted by molar-refractivity contribution is 0.250. The van der Waals surface area contributed by atoms with Crippen LogP contribution in [0.3, 0.4) is 0 Å². The average molecular weight is 296 g/mol. The normalized spacial score (nSPS) is 16.4. The Labute approximate surface area is 122 Å². The zero-order valence-corrected chi connectivity index (χ0v) is 13.3. The fraction of sp³-hybridized carbons (Fsp3) is 0.600. The van der Waals surface area contributed by atoms with Gasteiger partial charge in [-0.25, -0.2) is 8.42 Å². The lowest BCUT2D eigenvalue weighted by Gasteiger charge is -2.31. The minimum atomic E-state index is -3.43. The van der Waals surface area contributed by atoms with Gasteiger partial charge in [-0.05, 0) is 55.9 Å². The largest absolute Gasteiger partial charge is 0.398 e. The Morgan fingerprint density at radius 1 is 1.30 bits per heavy atom. The molecule has 5 heteroatoms. The highest BCUT2D eigenvalue weighted by Gasteiger charge is 2.28. The van der Waals surface area contributed by atoms with Crippen molar-refractivity contribution in [1.29, 1.82) is 0 Å². The summed E-state index contributed by atoms with van der Waals surface area (Å²) in [6.07, 6.45) is 3.50. The van der Waals surface area contributed by atoms with Gasteiger partial charge >= 0.3 is 0 Å². The maximum absolute atomic E-state index is 12.7. The molecule has 0 spiro atoms. The van der Waals surface area contributed by atoms with Gasteiger partial charge < -0.3 is 5.73 Å². The van der Waals surface area contributed by atoms with Crippen molar-refractivity contribution < 1.29 is 8.42 Å². The van der Waals surface area contributed by atoms with E-state index in [-0.39, 0.29) is 0 Å². The molecule has 0 radical (unpaired) electrons. The second-order valence-electron chi connectivity index (χ2n) is 5.71. The van der Waals surface area contributed by atoms with E-state index in [1.807, 2.05) is 20.8 Å². The second kappa shape index (κ2) is 5.74. The fourth-order valence-corrected chi connectivity index (χ4v) is 4.16. The van der Waals surface area contributed by atoms with Crippen molar-refractivity contribution in [3.63, 3.8) is 0 Å². The molecule has 2 N–H and O–H groups in total. The van der Waals surface area contributed by atoms with Crippen molar-refractivity contribution in [3.05, 3.63) is 23.3 Å². The Hall–Kier alpha value is -1.07. The van der Waals surface area contributed by atoms with Crippen LogP contribution < -0.4 is 5.73 Å². The van der Waals surface area contributed by atoms with Crippen LogP contribution in [0.4, 0.5) is 5.69 Å². The van der Waals surface area contributed by atoms with Crippen LogP contribution >= 0.6 is 0 Å². The molecule has 1 fully saturated rings. The first-order valence-corrected chi connectivity index (χ1v) is 8.67. The zero-order valence-electron chi connectivity index (χ0n) is 12.5. The number of nitrogens with two attached hydrogens (primary N) is 1. The molecule has 112 valence electrons. The molecule has 0 saturated heterocycles. The standard InChI is InChI=1S/C15H24N2O2S/c1-4-17(10-13-6-5-7-13)20(18,19)14-8-11(2)12(3)15(16)9-14/h8-9,13H,4-7,10,16H2,1-3H3. The van der Waals surface area contributed by atoms with Crippen LogP contribution in [0.1, 0.15) is 37.3 Å². The van der Waals surface area contributed by atoms with Gasteiger partial charge in [-0.15, -0.1) is 0 Å². The molecule has 0 aromatic heterocycles. The van der Waals surface area contributed by atoms with Gasteiger partial charge in [0.15, 0.2) is 0 Å². The van der Waals surface area contributed by atoms with E-state index in [0.29, 0.717) is 29.6 Å². The average Bonchev–Trinajstić information content (AvgIpc) is 2.33. The monoisotopic (exact) mass is 296 g/mol.